The minimum atomic E-state index is 0.422. The van der Waals surface area contributed by atoms with Gasteiger partial charge in [0.1, 0.15) is 0 Å². The topological polar surface area (TPSA) is 24.5 Å². The second-order valence-electron chi connectivity index (χ2n) is 7.63. The summed E-state index contributed by atoms with van der Waals surface area (Å²) in [6, 6.07) is 0.750. The van der Waals surface area contributed by atoms with E-state index in [9.17, 15) is 0 Å². The molecule has 1 atom stereocenters. The maximum Gasteiger partial charge on any atom is 0.0472 e. The lowest BCUT2D eigenvalue weighted by atomic mass is 9.79. The van der Waals surface area contributed by atoms with E-state index in [0.717, 1.165) is 44.2 Å². The summed E-state index contributed by atoms with van der Waals surface area (Å²) in [6.45, 7) is 12.4. The molecule has 1 N–H and O–H groups in total. The van der Waals surface area contributed by atoms with Crippen LogP contribution < -0.4 is 5.32 Å². The first-order valence-corrected chi connectivity index (χ1v) is 8.51. The number of nitrogens with one attached hydrogen (secondary N) is 1. The van der Waals surface area contributed by atoms with Crippen LogP contribution in [0.15, 0.2) is 0 Å². The molecule has 1 saturated carbocycles. The highest BCUT2D eigenvalue weighted by molar-refractivity contribution is 4.91. The highest BCUT2D eigenvalue weighted by Gasteiger charge is 2.37. The van der Waals surface area contributed by atoms with Gasteiger partial charge in [0.05, 0.1) is 0 Å². The molecule has 1 unspecified atom stereocenters. The molecular weight excluding hydrogens is 248 g/mol. The van der Waals surface area contributed by atoms with Crippen molar-refractivity contribution >= 4 is 0 Å². The van der Waals surface area contributed by atoms with Crippen LogP contribution in [0.4, 0.5) is 0 Å². The van der Waals surface area contributed by atoms with Gasteiger partial charge < -0.3 is 15.0 Å². The highest BCUT2D eigenvalue weighted by atomic mass is 16.5. The van der Waals surface area contributed by atoms with Crippen molar-refractivity contribution in [3.05, 3.63) is 0 Å². The average Bonchev–Trinajstić information content (AvgIpc) is 3.22. The van der Waals surface area contributed by atoms with Crippen LogP contribution in [0.1, 0.15) is 46.5 Å². The second kappa shape index (κ2) is 7.24. The number of hydrogen-bond acceptors (Lipinski definition) is 3. The zero-order chi connectivity index (χ0) is 14.6. The molecule has 3 heteroatoms. The Labute approximate surface area is 125 Å². The van der Waals surface area contributed by atoms with Gasteiger partial charge in [0.2, 0.25) is 0 Å². The van der Waals surface area contributed by atoms with Gasteiger partial charge in [-0.2, -0.15) is 0 Å². The minimum absolute atomic E-state index is 0.422. The number of rotatable bonds is 8. The third kappa shape index (κ3) is 4.71. The van der Waals surface area contributed by atoms with E-state index in [1.165, 1.54) is 32.2 Å². The van der Waals surface area contributed by atoms with E-state index in [4.69, 9.17) is 4.74 Å². The molecule has 3 nitrogen and oxygen atoms in total. The second-order valence-corrected chi connectivity index (χ2v) is 7.63. The Morgan fingerprint density at radius 1 is 1.20 bits per heavy atom. The van der Waals surface area contributed by atoms with E-state index < -0.39 is 0 Å². The van der Waals surface area contributed by atoms with Gasteiger partial charge in [-0.3, -0.25) is 0 Å². The van der Waals surface area contributed by atoms with Gasteiger partial charge in [-0.15, -0.1) is 0 Å². The van der Waals surface area contributed by atoms with Crippen molar-refractivity contribution in [1.29, 1.82) is 0 Å². The molecule has 0 aromatic heterocycles. The number of ether oxygens (including phenoxy) is 1. The predicted molar refractivity (Wildman–Crippen MR) is 85.0 cm³/mol. The molecular formula is C17H34N2O. The molecule has 1 aliphatic carbocycles. The number of nitrogens with zero attached hydrogens (tertiary/aromatic N) is 1. The van der Waals surface area contributed by atoms with E-state index in [1.54, 1.807) is 0 Å². The fourth-order valence-electron chi connectivity index (χ4n) is 3.43. The van der Waals surface area contributed by atoms with Crippen molar-refractivity contribution in [2.24, 2.45) is 17.3 Å². The maximum atomic E-state index is 5.61. The molecule has 0 aromatic rings. The highest BCUT2D eigenvalue weighted by Crippen LogP contribution is 2.37. The summed E-state index contributed by atoms with van der Waals surface area (Å²) in [4.78, 5) is 2.61. The quantitative estimate of drug-likeness (QED) is 0.741. The van der Waals surface area contributed by atoms with Crippen LogP contribution >= 0.6 is 0 Å². The molecule has 2 rings (SSSR count). The Hall–Kier alpha value is -0.120. The van der Waals surface area contributed by atoms with Crippen molar-refractivity contribution in [1.82, 2.24) is 10.2 Å². The lowest BCUT2D eigenvalue weighted by Gasteiger charge is -2.42. The van der Waals surface area contributed by atoms with Gasteiger partial charge in [0.25, 0.3) is 0 Å². The standard InChI is InChI=1S/C17H34N2O/c1-14(2)11-18-12-17(7-9-20-10-8-17)13-19(4)15(3)16-5-6-16/h14-16,18H,5-13H2,1-4H3. The lowest BCUT2D eigenvalue weighted by Crippen LogP contribution is -2.49. The van der Waals surface area contributed by atoms with Crippen molar-refractivity contribution in [3.8, 4) is 0 Å². The van der Waals surface area contributed by atoms with Crippen LogP contribution in [0, 0.1) is 17.3 Å². The van der Waals surface area contributed by atoms with Crippen molar-refractivity contribution in [2.45, 2.75) is 52.5 Å². The van der Waals surface area contributed by atoms with Crippen molar-refractivity contribution in [3.63, 3.8) is 0 Å². The summed E-state index contributed by atoms with van der Waals surface area (Å²) >= 11 is 0. The molecule has 0 radical (unpaired) electrons. The summed E-state index contributed by atoms with van der Waals surface area (Å²) in [5.41, 5.74) is 0.422. The van der Waals surface area contributed by atoms with Gasteiger partial charge in [0.15, 0.2) is 0 Å². The normalized spacial score (nSPS) is 24.3. The molecule has 20 heavy (non-hydrogen) atoms. The smallest absolute Gasteiger partial charge is 0.0472 e. The molecule has 1 saturated heterocycles. The fourth-order valence-corrected chi connectivity index (χ4v) is 3.43. The zero-order valence-corrected chi connectivity index (χ0v) is 14.0. The van der Waals surface area contributed by atoms with Gasteiger partial charge >= 0.3 is 0 Å². The first-order chi connectivity index (χ1) is 9.52. The largest absolute Gasteiger partial charge is 0.381 e. The molecule has 0 bridgehead atoms. The zero-order valence-electron chi connectivity index (χ0n) is 14.0. The Bertz CT molecular complexity index is 283. The first-order valence-electron chi connectivity index (χ1n) is 8.51. The van der Waals surface area contributed by atoms with Crippen LogP contribution in [0.5, 0.6) is 0 Å². The maximum absolute atomic E-state index is 5.61. The molecule has 2 fully saturated rings. The first kappa shape index (κ1) is 16.3. The third-order valence-corrected chi connectivity index (χ3v) is 5.19. The molecule has 1 heterocycles. The summed E-state index contributed by atoms with van der Waals surface area (Å²) < 4.78 is 5.61. The van der Waals surface area contributed by atoms with Crippen LogP contribution in [0.2, 0.25) is 0 Å². The van der Waals surface area contributed by atoms with Gasteiger partial charge in [-0.1, -0.05) is 13.8 Å². The summed E-state index contributed by atoms with van der Waals surface area (Å²) in [6.07, 6.45) is 5.29. The van der Waals surface area contributed by atoms with Gasteiger partial charge in [-0.05, 0) is 63.5 Å². The predicted octanol–water partition coefficient (Wildman–Crippen LogP) is 2.76. The number of hydrogen-bond donors (Lipinski definition) is 1. The van der Waals surface area contributed by atoms with Gasteiger partial charge in [0, 0.05) is 32.3 Å². The lowest BCUT2D eigenvalue weighted by molar-refractivity contribution is -0.00717. The minimum Gasteiger partial charge on any atom is -0.381 e. The Morgan fingerprint density at radius 2 is 1.85 bits per heavy atom. The molecule has 0 aromatic carbocycles. The summed E-state index contributed by atoms with van der Waals surface area (Å²) in [5, 5.41) is 3.70. The van der Waals surface area contributed by atoms with Crippen molar-refractivity contribution in [2.75, 3.05) is 39.9 Å². The van der Waals surface area contributed by atoms with Crippen LogP contribution in [-0.2, 0) is 4.74 Å². The molecule has 2 aliphatic rings. The molecule has 118 valence electrons. The van der Waals surface area contributed by atoms with E-state index in [1.807, 2.05) is 0 Å². The SMILES string of the molecule is CC(C)CNCC1(CN(C)C(C)C2CC2)CCOCC1. The van der Waals surface area contributed by atoms with Crippen LogP contribution in [0.3, 0.4) is 0 Å². The Morgan fingerprint density at radius 3 is 2.40 bits per heavy atom. The average molecular weight is 282 g/mol. The Balaban J connectivity index is 1.87. The van der Waals surface area contributed by atoms with E-state index in [2.05, 4.69) is 38.0 Å². The monoisotopic (exact) mass is 282 g/mol. The van der Waals surface area contributed by atoms with E-state index in [-0.39, 0.29) is 0 Å². The van der Waals surface area contributed by atoms with Gasteiger partial charge in [-0.25, -0.2) is 0 Å². The molecule has 0 spiro atoms. The van der Waals surface area contributed by atoms with Crippen molar-refractivity contribution < 1.29 is 4.74 Å². The fraction of sp³-hybridized carbons (Fsp3) is 1.00. The van der Waals surface area contributed by atoms with Crippen LogP contribution in [-0.4, -0.2) is 50.8 Å². The van der Waals surface area contributed by atoms with Crippen LogP contribution in [0.25, 0.3) is 0 Å². The Kier molecular flexibility index (Phi) is 5.88. The molecule has 1 aliphatic heterocycles. The van der Waals surface area contributed by atoms with E-state index in [0.29, 0.717) is 5.41 Å². The third-order valence-electron chi connectivity index (χ3n) is 5.19. The summed E-state index contributed by atoms with van der Waals surface area (Å²) in [7, 11) is 2.32. The molecule has 0 amide bonds. The van der Waals surface area contributed by atoms with E-state index >= 15 is 0 Å². The summed E-state index contributed by atoms with van der Waals surface area (Å²) in [5.74, 6) is 1.69.